The van der Waals surface area contributed by atoms with Crippen LogP contribution in [0.2, 0.25) is 0 Å². The molecule has 14 heavy (non-hydrogen) atoms. The van der Waals surface area contributed by atoms with Crippen LogP contribution in [0.1, 0.15) is 40.0 Å². The third kappa shape index (κ3) is 4.84. The van der Waals surface area contributed by atoms with Gasteiger partial charge in [0.15, 0.2) is 4.75 Å². The van der Waals surface area contributed by atoms with E-state index in [-0.39, 0.29) is 0 Å². The third-order valence-electron chi connectivity index (χ3n) is 2.19. The van der Waals surface area contributed by atoms with Gasteiger partial charge in [0.25, 0.3) is 0 Å². The van der Waals surface area contributed by atoms with E-state index in [2.05, 4.69) is 13.5 Å². The Kier molecular flexibility index (Phi) is 6.16. The molecule has 0 heterocycles. The van der Waals surface area contributed by atoms with Gasteiger partial charge in [-0.1, -0.05) is 18.6 Å². The summed E-state index contributed by atoms with van der Waals surface area (Å²) in [6.07, 6.45) is 6.87. The highest BCUT2D eigenvalue weighted by atomic mass is 32.2. The Hall–Kier alpha value is -0.250. The van der Waals surface area contributed by atoms with Gasteiger partial charge in [-0.2, -0.15) is 5.14 Å². The molecule has 82 valence electrons. The van der Waals surface area contributed by atoms with Crippen LogP contribution in [0.15, 0.2) is 24.3 Å². The number of hydrogen-bond acceptors (Lipinski definition) is 2. The van der Waals surface area contributed by atoms with Crippen LogP contribution >= 0.6 is 0 Å². The van der Waals surface area contributed by atoms with Gasteiger partial charge in [-0.15, -0.1) is 6.58 Å². The number of hydrogen-bond donors (Lipinski definition) is 1. The fourth-order valence-corrected chi connectivity index (χ4v) is 1.47. The van der Waals surface area contributed by atoms with E-state index in [4.69, 9.17) is 5.14 Å². The number of nitrogens with two attached hydrogens (primary N) is 1. The molecule has 0 saturated heterocycles. The van der Waals surface area contributed by atoms with Crippen LogP contribution in [0.4, 0.5) is 0 Å². The molecule has 0 aliphatic heterocycles. The van der Waals surface area contributed by atoms with Gasteiger partial charge in [0.1, 0.15) is 0 Å². The third-order valence-corrected chi connectivity index (χ3v) is 3.35. The molecule has 2 nitrogen and oxygen atoms in total. The van der Waals surface area contributed by atoms with Crippen molar-refractivity contribution in [2.75, 3.05) is 0 Å². The van der Waals surface area contributed by atoms with Gasteiger partial charge >= 0.3 is 0 Å². The first-order valence-electron chi connectivity index (χ1n) is 4.91. The molecule has 0 aromatic heterocycles. The van der Waals surface area contributed by atoms with Gasteiger partial charge in [-0.25, -0.2) is 0 Å². The van der Waals surface area contributed by atoms with Gasteiger partial charge < -0.3 is 4.55 Å². The lowest BCUT2D eigenvalue weighted by atomic mass is 10.0. The van der Waals surface area contributed by atoms with E-state index in [9.17, 15) is 4.55 Å². The quantitative estimate of drug-likeness (QED) is 0.547. The first-order chi connectivity index (χ1) is 6.44. The Balaban J connectivity index is 4.48. The van der Waals surface area contributed by atoms with E-state index in [0.29, 0.717) is 0 Å². The number of rotatable bonds is 6. The summed E-state index contributed by atoms with van der Waals surface area (Å²) in [6, 6.07) is 0. The highest BCUT2D eigenvalue weighted by Crippen LogP contribution is 2.21. The van der Waals surface area contributed by atoms with Crippen molar-refractivity contribution in [2.45, 2.75) is 44.8 Å². The number of allylic oxidation sites excluding steroid dienone is 2. The molecule has 0 aromatic rings. The smallest absolute Gasteiger partial charge is 0.157 e. The predicted octanol–water partition coefficient (Wildman–Crippen LogP) is 2.69. The molecule has 0 aliphatic rings. The molecular weight excluding hydrogens is 194 g/mol. The zero-order chi connectivity index (χ0) is 11.2. The highest BCUT2D eigenvalue weighted by molar-refractivity contribution is 7.90. The fourth-order valence-electron chi connectivity index (χ4n) is 1.19. The summed E-state index contributed by atoms with van der Waals surface area (Å²) in [5, 5.41) is 5.41. The Bertz CT molecular complexity index is 209. The molecule has 2 N–H and O–H groups in total. The average Bonchev–Trinajstić information content (AvgIpc) is 2.11. The molecule has 0 spiro atoms. The van der Waals surface area contributed by atoms with E-state index in [1.54, 1.807) is 0 Å². The standard InChI is InChI=1S/C11H21NOS/c1-5-7-8-10(6-2)9-11(3,4)14(12)13/h5,9H,1,6-8,12H2,2-4H3. The molecule has 3 heteroatoms. The van der Waals surface area contributed by atoms with Crippen LogP contribution in [0, 0.1) is 0 Å². The van der Waals surface area contributed by atoms with Crippen molar-refractivity contribution in [1.82, 2.24) is 0 Å². The van der Waals surface area contributed by atoms with Crippen molar-refractivity contribution < 1.29 is 4.55 Å². The van der Waals surface area contributed by atoms with E-state index in [1.165, 1.54) is 5.57 Å². The molecular formula is C11H21NOS. The molecule has 0 bridgehead atoms. The average molecular weight is 215 g/mol. The predicted molar refractivity (Wildman–Crippen MR) is 64.2 cm³/mol. The summed E-state index contributed by atoms with van der Waals surface area (Å²) in [5.41, 5.74) is 1.30. The van der Waals surface area contributed by atoms with Gasteiger partial charge in [-0.3, -0.25) is 0 Å². The molecule has 0 aliphatic carbocycles. The summed E-state index contributed by atoms with van der Waals surface area (Å²) >= 11 is -1.31. The molecule has 0 radical (unpaired) electrons. The van der Waals surface area contributed by atoms with Gasteiger partial charge in [0.2, 0.25) is 0 Å². The maximum Gasteiger partial charge on any atom is 0.157 e. The lowest BCUT2D eigenvalue weighted by Crippen LogP contribution is -2.36. The largest absolute Gasteiger partial charge is 0.598 e. The second-order valence-electron chi connectivity index (χ2n) is 3.88. The van der Waals surface area contributed by atoms with Crippen molar-refractivity contribution in [3.05, 3.63) is 24.3 Å². The molecule has 1 unspecified atom stereocenters. The minimum absolute atomic E-state index is 0.424. The molecule has 0 fully saturated rings. The Morgan fingerprint density at radius 1 is 1.57 bits per heavy atom. The van der Waals surface area contributed by atoms with Crippen LogP contribution in [0.25, 0.3) is 0 Å². The second kappa shape index (κ2) is 6.27. The fraction of sp³-hybridized carbons (Fsp3) is 0.636. The van der Waals surface area contributed by atoms with Crippen molar-refractivity contribution in [1.29, 1.82) is 0 Å². The topological polar surface area (TPSA) is 49.1 Å². The SMILES string of the molecule is C=CCCC(=CC(C)(C)[S+](N)[O-])CC. The summed E-state index contributed by atoms with van der Waals surface area (Å²) < 4.78 is 10.8. The van der Waals surface area contributed by atoms with Crippen molar-refractivity contribution >= 4 is 11.4 Å². The van der Waals surface area contributed by atoms with Gasteiger partial charge in [0.05, 0.1) is 0 Å². The second-order valence-corrected chi connectivity index (χ2v) is 5.53. The molecule has 0 amide bonds. The van der Waals surface area contributed by atoms with Crippen LogP contribution in [-0.4, -0.2) is 9.30 Å². The lowest BCUT2D eigenvalue weighted by Gasteiger charge is -2.22. The van der Waals surface area contributed by atoms with Gasteiger partial charge in [0, 0.05) is 11.4 Å². The van der Waals surface area contributed by atoms with Crippen molar-refractivity contribution in [2.24, 2.45) is 5.14 Å². The summed E-state index contributed by atoms with van der Waals surface area (Å²) in [4.78, 5) is 0. The zero-order valence-corrected chi connectivity index (χ0v) is 10.2. The highest BCUT2D eigenvalue weighted by Gasteiger charge is 2.27. The minimum Gasteiger partial charge on any atom is -0.598 e. The summed E-state index contributed by atoms with van der Waals surface area (Å²) in [6.45, 7) is 9.58. The van der Waals surface area contributed by atoms with Crippen molar-refractivity contribution in [3.8, 4) is 0 Å². The van der Waals surface area contributed by atoms with E-state index < -0.39 is 16.1 Å². The van der Waals surface area contributed by atoms with Crippen molar-refractivity contribution in [3.63, 3.8) is 0 Å². The normalized spacial score (nSPS) is 15.4. The van der Waals surface area contributed by atoms with Gasteiger partial charge in [-0.05, 0) is 39.2 Å². The van der Waals surface area contributed by atoms with Crippen LogP contribution in [-0.2, 0) is 11.4 Å². The monoisotopic (exact) mass is 215 g/mol. The Morgan fingerprint density at radius 3 is 2.50 bits per heavy atom. The molecule has 0 saturated carbocycles. The Labute approximate surface area is 90.6 Å². The lowest BCUT2D eigenvalue weighted by molar-refractivity contribution is 0.571. The first-order valence-corrected chi connectivity index (χ1v) is 6.13. The zero-order valence-electron chi connectivity index (χ0n) is 9.38. The molecule has 0 aromatic carbocycles. The summed E-state index contributed by atoms with van der Waals surface area (Å²) in [7, 11) is 0. The Morgan fingerprint density at radius 2 is 2.14 bits per heavy atom. The van der Waals surface area contributed by atoms with E-state index in [0.717, 1.165) is 19.3 Å². The van der Waals surface area contributed by atoms with Crippen LogP contribution < -0.4 is 5.14 Å². The molecule has 1 atom stereocenters. The minimum atomic E-state index is -1.31. The van der Waals surface area contributed by atoms with Crippen LogP contribution in [0.5, 0.6) is 0 Å². The maximum absolute atomic E-state index is 11.2. The van der Waals surface area contributed by atoms with Crippen LogP contribution in [0.3, 0.4) is 0 Å². The first kappa shape index (κ1) is 13.8. The summed E-state index contributed by atoms with van der Waals surface area (Å²) in [5.74, 6) is 0. The van der Waals surface area contributed by atoms with E-state index in [1.807, 2.05) is 26.0 Å². The molecule has 0 rings (SSSR count). The maximum atomic E-state index is 11.2. The van der Waals surface area contributed by atoms with E-state index >= 15 is 0 Å².